The van der Waals surface area contributed by atoms with E-state index in [2.05, 4.69) is 15.0 Å². The summed E-state index contributed by atoms with van der Waals surface area (Å²) in [6.45, 7) is 1.34. The van der Waals surface area contributed by atoms with Crippen LogP contribution in [0.15, 0.2) is 24.3 Å². The molecule has 0 atom stereocenters. The van der Waals surface area contributed by atoms with Crippen molar-refractivity contribution in [1.82, 2.24) is 4.37 Å². The summed E-state index contributed by atoms with van der Waals surface area (Å²) in [5.74, 6) is -0.310. The van der Waals surface area contributed by atoms with Crippen molar-refractivity contribution in [2.75, 3.05) is 31.4 Å². The number of aromatic nitrogens is 1. The number of nitrogens with one attached hydrogen (secondary N) is 2. The summed E-state index contributed by atoms with van der Waals surface area (Å²) in [5.41, 5.74) is 1.52. The quantitative estimate of drug-likeness (QED) is 0.787. The first-order valence-corrected chi connectivity index (χ1v) is 7.57. The predicted octanol–water partition coefficient (Wildman–Crippen LogP) is 2.30. The largest absolute Gasteiger partial charge is 0.497 e. The molecule has 0 aliphatic carbocycles. The van der Waals surface area contributed by atoms with Gasteiger partial charge in [-0.15, -0.1) is 0 Å². The van der Waals surface area contributed by atoms with Crippen molar-refractivity contribution >= 4 is 34.1 Å². The maximum atomic E-state index is 12.1. The first kappa shape index (κ1) is 16.8. The fourth-order valence-corrected chi connectivity index (χ4v) is 2.59. The first-order chi connectivity index (χ1) is 11.0. The smallest absolute Gasteiger partial charge is 0.343 e. The Bertz CT molecular complexity index is 697. The van der Waals surface area contributed by atoms with E-state index in [0.717, 1.165) is 0 Å². The molecule has 1 amide bonds. The van der Waals surface area contributed by atoms with Crippen LogP contribution in [0, 0.1) is 6.92 Å². The Morgan fingerprint density at radius 2 is 1.96 bits per heavy atom. The van der Waals surface area contributed by atoms with Gasteiger partial charge in [-0.3, -0.25) is 4.79 Å². The lowest BCUT2D eigenvalue weighted by atomic mass is 10.2. The van der Waals surface area contributed by atoms with Gasteiger partial charge in [0.2, 0.25) is 0 Å². The van der Waals surface area contributed by atoms with Gasteiger partial charge in [0.1, 0.15) is 16.3 Å². The molecule has 1 aromatic carbocycles. The molecular weight excluding hydrogens is 318 g/mol. The zero-order valence-electron chi connectivity index (χ0n) is 13.0. The number of carbonyl (C=O) groups is 2. The number of aryl methyl sites for hydroxylation is 1. The molecule has 2 rings (SSSR count). The van der Waals surface area contributed by atoms with Gasteiger partial charge in [0, 0.05) is 12.7 Å². The van der Waals surface area contributed by atoms with Gasteiger partial charge in [-0.2, -0.15) is 4.37 Å². The number of benzene rings is 1. The third-order valence-corrected chi connectivity index (χ3v) is 3.96. The Hall–Kier alpha value is -2.61. The molecule has 0 aliphatic heterocycles. The molecule has 23 heavy (non-hydrogen) atoms. The molecule has 0 fully saturated rings. The van der Waals surface area contributed by atoms with Gasteiger partial charge in [-0.05, 0) is 42.7 Å². The summed E-state index contributed by atoms with van der Waals surface area (Å²) >= 11 is 1.17. The highest BCUT2D eigenvalue weighted by atomic mass is 32.1. The first-order valence-electron chi connectivity index (χ1n) is 6.80. The minimum absolute atomic E-state index is 0.356. The molecule has 1 heterocycles. The summed E-state index contributed by atoms with van der Waals surface area (Å²) in [5, 5.41) is 6.13. The fraction of sp³-hybridized carbons (Fsp3) is 0.267. The zero-order valence-corrected chi connectivity index (χ0v) is 13.8. The topological polar surface area (TPSA) is 89.5 Å². The molecule has 0 saturated carbocycles. The van der Waals surface area contributed by atoms with Crippen molar-refractivity contribution in [3.63, 3.8) is 0 Å². The molecule has 2 N–H and O–H groups in total. The lowest BCUT2D eigenvalue weighted by Crippen LogP contribution is -2.21. The molecule has 0 spiro atoms. The van der Waals surface area contributed by atoms with Gasteiger partial charge < -0.3 is 20.1 Å². The Morgan fingerprint density at radius 3 is 2.57 bits per heavy atom. The number of anilines is 2. The van der Waals surface area contributed by atoms with Gasteiger partial charge in [0.05, 0.1) is 12.8 Å². The predicted molar refractivity (Wildman–Crippen MR) is 88.3 cm³/mol. The number of hydrogen-bond acceptors (Lipinski definition) is 7. The maximum Gasteiger partial charge on any atom is 0.343 e. The lowest BCUT2D eigenvalue weighted by Gasteiger charge is -2.08. The molecule has 2 aromatic rings. The zero-order chi connectivity index (χ0) is 16.8. The average molecular weight is 335 g/mol. The average Bonchev–Trinajstić information content (AvgIpc) is 2.94. The van der Waals surface area contributed by atoms with Crippen molar-refractivity contribution in [2.24, 2.45) is 0 Å². The Labute approximate surface area is 137 Å². The van der Waals surface area contributed by atoms with Crippen LogP contribution in [0.2, 0.25) is 0 Å². The normalized spacial score (nSPS) is 10.0. The van der Waals surface area contributed by atoms with Crippen LogP contribution < -0.4 is 15.4 Å². The van der Waals surface area contributed by atoms with Crippen molar-refractivity contribution in [3.8, 4) is 5.75 Å². The highest BCUT2D eigenvalue weighted by Crippen LogP contribution is 2.24. The van der Waals surface area contributed by atoms with E-state index in [4.69, 9.17) is 9.47 Å². The van der Waals surface area contributed by atoms with Gasteiger partial charge in [-0.25, -0.2) is 4.79 Å². The monoisotopic (exact) mass is 335 g/mol. The second-order valence-electron chi connectivity index (χ2n) is 4.57. The van der Waals surface area contributed by atoms with E-state index in [0.29, 0.717) is 27.7 Å². The number of ether oxygens (including phenoxy) is 2. The molecule has 122 valence electrons. The number of carbonyl (C=O) groups excluding carboxylic acids is 2. The van der Waals surface area contributed by atoms with Crippen LogP contribution in [-0.4, -0.2) is 37.0 Å². The number of nitrogens with zero attached hydrogens (tertiary/aromatic N) is 1. The Morgan fingerprint density at radius 1 is 1.26 bits per heavy atom. The van der Waals surface area contributed by atoms with E-state index in [1.807, 2.05) is 0 Å². The van der Waals surface area contributed by atoms with Crippen molar-refractivity contribution in [3.05, 3.63) is 35.5 Å². The van der Waals surface area contributed by atoms with Crippen LogP contribution in [0.1, 0.15) is 16.1 Å². The van der Waals surface area contributed by atoms with E-state index in [1.54, 1.807) is 45.3 Å². The van der Waals surface area contributed by atoms with Crippen molar-refractivity contribution in [2.45, 2.75) is 6.92 Å². The van der Waals surface area contributed by atoms with E-state index >= 15 is 0 Å². The standard InChI is InChI=1S/C15H17N3O4S/c1-9-13(14(16-2)23-18-9)15(20)22-8-12(19)17-10-4-6-11(21-3)7-5-10/h4-7,16H,8H2,1-3H3,(H,17,19). The van der Waals surface area contributed by atoms with Gasteiger partial charge in [-0.1, -0.05) is 0 Å². The highest BCUT2D eigenvalue weighted by Gasteiger charge is 2.20. The molecule has 0 unspecified atom stereocenters. The summed E-state index contributed by atoms with van der Waals surface area (Å²) in [6.07, 6.45) is 0. The summed E-state index contributed by atoms with van der Waals surface area (Å²) < 4.78 is 14.2. The SMILES string of the molecule is CNc1snc(C)c1C(=O)OCC(=O)Nc1ccc(OC)cc1. The summed E-state index contributed by atoms with van der Waals surface area (Å²) in [7, 11) is 3.26. The summed E-state index contributed by atoms with van der Waals surface area (Å²) in [4.78, 5) is 23.9. The van der Waals surface area contributed by atoms with Crippen LogP contribution in [-0.2, 0) is 9.53 Å². The molecule has 8 heteroatoms. The molecular formula is C15H17N3O4S. The van der Waals surface area contributed by atoms with Gasteiger partial charge in [0.25, 0.3) is 5.91 Å². The van der Waals surface area contributed by atoms with Crippen LogP contribution >= 0.6 is 11.5 Å². The minimum Gasteiger partial charge on any atom is -0.497 e. The second-order valence-corrected chi connectivity index (χ2v) is 5.35. The van der Waals surface area contributed by atoms with Crippen LogP contribution in [0.4, 0.5) is 10.7 Å². The maximum absolute atomic E-state index is 12.1. The minimum atomic E-state index is -0.578. The highest BCUT2D eigenvalue weighted by molar-refractivity contribution is 7.10. The fourth-order valence-electron chi connectivity index (χ4n) is 1.86. The molecule has 7 nitrogen and oxygen atoms in total. The van der Waals surface area contributed by atoms with Crippen LogP contribution in [0.3, 0.4) is 0 Å². The van der Waals surface area contributed by atoms with E-state index in [1.165, 1.54) is 11.5 Å². The summed E-state index contributed by atoms with van der Waals surface area (Å²) in [6, 6.07) is 6.84. The van der Waals surface area contributed by atoms with E-state index < -0.39 is 11.9 Å². The van der Waals surface area contributed by atoms with Crippen LogP contribution in [0.5, 0.6) is 5.75 Å². The third-order valence-electron chi connectivity index (χ3n) is 3.00. The Kier molecular flexibility index (Phi) is 5.53. The third kappa shape index (κ3) is 4.19. The number of esters is 1. The lowest BCUT2D eigenvalue weighted by molar-refractivity contribution is -0.119. The van der Waals surface area contributed by atoms with E-state index in [9.17, 15) is 9.59 Å². The van der Waals surface area contributed by atoms with Crippen molar-refractivity contribution in [1.29, 1.82) is 0 Å². The Balaban J connectivity index is 1.90. The number of amides is 1. The molecule has 0 radical (unpaired) electrons. The van der Waals surface area contributed by atoms with Gasteiger partial charge >= 0.3 is 5.97 Å². The number of methoxy groups -OCH3 is 1. The van der Waals surface area contributed by atoms with Crippen molar-refractivity contribution < 1.29 is 19.1 Å². The number of rotatable bonds is 6. The number of hydrogen-bond donors (Lipinski definition) is 2. The van der Waals surface area contributed by atoms with Gasteiger partial charge in [0.15, 0.2) is 6.61 Å². The molecule has 0 saturated heterocycles. The van der Waals surface area contributed by atoms with E-state index in [-0.39, 0.29) is 6.61 Å². The second kappa shape index (κ2) is 7.59. The molecule has 1 aromatic heterocycles. The van der Waals surface area contributed by atoms with Crippen LogP contribution in [0.25, 0.3) is 0 Å². The molecule has 0 aliphatic rings. The molecule has 0 bridgehead atoms.